The number of amides is 1. The Bertz CT molecular complexity index is 185. The Morgan fingerprint density at radius 3 is 2.54 bits per heavy atom. The lowest BCUT2D eigenvalue weighted by Gasteiger charge is -2.26. The van der Waals surface area contributed by atoms with Crippen LogP contribution in [0.3, 0.4) is 0 Å². The largest absolute Gasteiger partial charge is 0.359 e. The minimum absolute atomic E-state index is 0.110. The third-order valence-corrected chi connectivity index (χ3v) is 2.81. The molecule has 0 heterocycles. The Morgan fingerprint density at radius 2 is 2.08 bits per heavy atom. The van der Waals surface area contributed by atoms with Gasteiger partial charge in [0, 0.05) is 25.6 Å². The molecule has 0 aromatic heterocycles. The van der Waals surface area contributed by atoms with Crippen molar-refractivity contribution in [2.45, 2.75) is 38.6 Å². The molecule has 0 bridgehead atoms. The molecule has 0 aromatic carbocycles. The Labute approximate surface area is 80.3 Å². The highest BCUT2D eigenvalue weighted by atomic mass is 16.1. The number of nitrogens with one attached hydrogen (secondary N) is 2. The molecule has 1 amide bonds. The smallest absolute Gasteiger partial charge is 0.221 e. The third-order valence-electron chi connectivity index (χ3n) is 2.81. The van der Waals surface area contributed by atoms with Gasteiger partial charge in [-0.3, -0.25) is 4.79 Å². The molecule has 0 saturated heterocycles. The highest BCUT2D eigenvalue weighted by molar-refractivity contribution is 5.75. The van der Waals surface area contributed by atoms with Crippen molar-refractivity contribution in [3.63, 3.8) is 0 Å². The van der Waals surface area contributed by atoms with Crippen LogP contribution in [0.25, 0.3) is 0 Å². The summed E-state index contributed by atoms with van der Waals surface area (Å²) >= 11 is 0. The predicted octanol–water partition coefficient (Wildman–Crippen LogP) is 0.901. The standard InChI is InChI=1S/C10H20N2O/c1-10(2,8-4-5-8)12-7-6-9(13)11-3/h8,12H,4-7H2,1-3H3,(H,11,13). The molecule has 0 unspecified atom stereocenters. The van der Waals surface area contributed by atoms with E-state index in [1.807, 2.05) is 0 Å². The molecular weight excluding hydrogens is 164 g/mol. The van der Waals surface area contributed by atoms with Crippen molar-refractivity contribution in [1.82, 2.24) is 10.6 Å². The van der Waals surface area contributed by atoms with Crippen molar-refractivity contribution in [3.05, 3.63) is 0 Å². The molecule has 1 saturated carbocycles. The van der Waals surface area contributed by atoms with Gasteiger partial charge in [-0.05, 0) is 32.6 Å². The van der Waals surface area contributed by atoms with E-state index >= 15 is 0 Å². The molecule has 0 spiro atoms. The fraction of sp³-hybridized carbons (Fsp3) is 0.900. The van der Waals surface area contributed by atoms with E-state index < -0.39 is 0 Å². The summed E-state index contributed by atoms with van der Waals surface area (Å²) in [6.45, 7) is 5.21. The van der Waals surface area contributed by atoms with E-state index in [1.54, 1.807) is 7.05 Å². The van der Waals surface area contributed by atoms with Gasteiger partial charge in [-0.25, -0.2) is 0 Å². The zero-order chi connectivity index (χ0) is 9.90. The van der Waals surface area contributed by atoms with Crippen molar-refractivity contribution in [1.29, 1.82) is 0 Å². The second-order valence-electron chi connectivity index (χ2n) is 4.35. The molecule has 0 aromatic rings. The second kappa shape index (κ2) is 4.09. The van der Waals surface area contributed by atoms with E-state index in [-0.39, 0.29) is 11.4 Å². The van der Waals surface area contributed by atoms with E-state index in [0.29, 0.717) is 6.42 Å². The average molecular weight is 184 g/mol. The lowest BCUT2D eigenvalue weighted by molar-refractivity contribution is -0.120. The summed E-state index contributed by atoms with van der Waals surface area (Å²) < 4.78 is 0. The summed E-state index contributed by atoms with van der Waals surface area (Å²) in [6, 6.07) is 0. The van der Waals surface area contributed by atoms with Gasteiger partial charge in [0.2, 0.25) is 5.91 Å². The van der Waals surface area contributed by atoms with Gasteiger partial charge in [-0.1, -0.05) is 0 Å². The summed E-state index contributed by atoms with van der Waals surface area (Å²) in [6.07, 6.45) is 3.24. The van der Waals surface area contributed by atoms with Crippen LogP contribution >= 0.6 is 0 Å². The Kier molecular flexibility index (Phi) is 3.31. The van der Waals surface area contributed by atoms with Crippen LogP contribution in [0.2, 0.25) is 0 Å². The van der Waals surface area contributed by atoms with Crippen LogP contribution in [0.5, 0.6) is 0 Å². The average Bonchev–Trinajstić information content (AvgIpc) is 2.85. The molecule has 13 heavy (non-hydrogen) atoms. The Hall–Kier alpha value is -0.570. The van der Waals surface area contributed by atoms with E-state index in [4.69, 9.17) is 0 Å². The first-order valence-electron chi connectivity index (χ1n) is 5.02. The number of rotatable bonds is 5. The first kappa shape index (κ1) is 10.5. The van der Waals surface area contributed by atoms with Crippen LogP contribution in [0, 0.1) is 5.92 Å². The topological polar surface area (TPSA) is 41.1 Å². The molecule has 3 heteroatoms. The number of hydrogen-bond donors (Lipinski definition) is 2. The molecular formula is C10H20N2O. The van der Waals surface area contributed by atoms with Crippen LogP contribution in [0.1, 0.15) is 33.1 Å². The monoisotopic (exact) mass is 184 g/mol. The summed E-state index contributed by atoms with van der Waals surface area (Å²) in [5.41, 5.74) is 0.216. The van der Waals surface area contributed by atoms with Crippen LogP contribution in [-0.2, 0) is 4.79 Å². The first-order valence-corrected chi connectivity index (χ1v) is 5.02. The summed E-state index contributed by atoms with van der Waals surface area (Å²) in [5, 5.41) is 6.04. The molecule has 0 atom stereocenters. The molecule has 1 rings (SSSR count). The van der Waals surface area contributed by atoms with Crippen molar-refractivity contribution in [2.24, 2.45) is 5.92 Å². The minimum atomic E-state index is 0.110. The van der Waals surface area contributed by atoms with Gasteiger partial charge in [0.25, 0.3) is 0 Å². The van der Waals surface area contributed by atoms with Gasteiger partial charge in [-0.2, -0.15) is 0 Å². The van der Waals surface area contributed by atoms with Gasteiger partial charge in [0.1, 0.15) is 0 Å². The minimum Gasteiger partial charge on any atom is -0.359 e. The predicted molar refractivity (Wildman–Crippen MR) is 53.5 cm³/mol. The van der Waals surface area contributed by atoms with Crippen LogP contribution in [0.4, 0.5) is 0 Å². The van der Waals surface area contributed by atoms with Crippen molar-refractivity contribution < 1.29 is 4.79 Å². The van der Waals surface area contributed by atoms with E-state index in [9.17, 15) is 4.79 Å². The summed E-state index contributed by atoms with van der Waals surface area (Å²) in [5.74, 6) is 0.927. The molecule has 0 aliphatic heterocycles. The zero-order valence-corrected chi connectivity index (χ0v) is 8.81. The van der Waals surface area contributed by atoms with Crippen molar-refractivity contribution >= 4 is 5.91 Å². The summed E-state index contributed by atoms with van der Waals surface area (Å²) in [7, 11) is 1.67. The maximum Gasteiger partial charge on any atom is 0.221 e. The zero-order valence-electron chi connectivity index (χ0n) is 8.81. The third kappa shape index (κ3) is 3.35. The van der Waals surface area contributed by atoms with Gasteiger partial charge in [0.15, 0.2) is 0 Å². The molecule has 1 aliphatic carbocycles. The van der Waals surface area contributed by atoms with Crippen molar-refractivity contribution in [2.75, 3.05) is 13.6 Å². The summed E-state index contributed by atoms with van der Waals surface area (Å²) in [4.78, 5) is 10.9. The van der Waals surface area contributed by atoms with E-state index in [0.717, 1.165) is 12.5 Å². The molecule has 3 nitrogen and oxygen atoms in total. The van der Waals surface area contributed by atoms with Crippen LogP contribution in [-0.4, -0.2) is 25.0 Å². The highest BCUT2D eigenvalue weighted by Gasteiger charge is 2.36. The molecule has 2 N–H and O–H groups in total. The molecule has 1 fully saturated rings. The van der Waals surface area contributed by atoms with Gasteiger partial charge < -0.3 is 10.6 Å². The van der Waals surface area contributed by atoms with Crippen LogP contribution in [0.15, 0.2) is 0 Å². The SMILES string of the molecule is CNC(=O)CCNC(C)(C)C1CC1. The van der Waals surface area contributed by atoms with Gasteiger partial charge in [0.05, 0.1) is 0 Å². The van der Waals surface area contributed by atoms with E-state index in [2.05, 4.69) is 24.5 Å². The maximum atomic E-state index is 10.9. The fourth-order valence-electron chi connectivity index (χ4n) is 1.57. The van der Waals surface area contributed by atoms with E-state index in [1.165, 1.54) is 12.8 Å². The van der Waals surface area contributed by atoms with Gasteiger partial charge in [-0.15, -0.1) is 0 Å². The Morgan fingerprint density at radius 1 is 1.46 bits per heavy atom. The lowest BCUT2D eigenvalue weighted by Crippen LogP contribution is -2.42. The van der Waals surface area contributed by atoms with Crippen LogP contribution < -0.4 is 10.6 Å². The lowest BCUT2D eigenvalue weighted by atomic mass is 9.99. The number of carbonyl (C=O) groups excluding carboxylic acids is 1. The van der Waals surface area contributed by atoms with Crippen molar-refractivity contribution in [3.8, 4) is 0 Å². The second-order valence-corrected chi connectivity index (χ2v) is 4.35. The molecule has 0 radical (unpaired) electrons. The maximum absolute atomic E-state index is 10.9. The van der Waals surface area contributed by atoms with Gasteiger partial charge >= 0.3 is 0 Å². The first-order chi connectivity index (χ1) is 6.06. The quantitative estimate of drug-likeness (QED) is 0.666. The number of hydrogen-bond acceptors (Lipinski definition) is 2. The number of carbonyl (C=O) groups is 1. The molecule has 76 valence electrons. The Balaban J connectivity index is 2.14. The highest BCUT2D eigenvalue weighted by Crippen LogP contribution is 2.38. The normalized spacial score (nSPS) is 17.2. The molecule has 1 aliphatic rings. The fourth-order valence-corrected chi connectivity index (χ4v) is 1.57.